The molecule has 4 nitrogen and oxygen atoms in total. The highest BCUT2D eigenvalue weighted by Gasteiger charge is 2.25. The highest BCUT2D eigenvalue weighted by molar-refractivity contribution is 7.83. The summed E-state index contributed by atoms with van der Waals surface area (Å²) in [4.78, 5) is 13.1. The Labute approximate surface area is 147 Å². The SMILES string of the molecule is CCOC(=O)c1c(C)c2cc(Cl)ccc2n1S(=O)c1ccccc1. The summed E-state index contributed by atoms with van der Waals surface area (Å²) in [5.74, 6) is -0.494. The monoisotopic (exact) mass is 361 g/mol. The van der Waals surface area contributed by atoms with Crippen LogP contribution in [0.4, 0.5) is 0 Å². The first kappa shape index (κ1) is 16.7. The summed E-state index contributed by atoms with van der Waals surface area (Å²) in [5.41, 5.74) is 1.67. The third kappa shape index (κ3) is 2.85. The molecule has 0 bridgehead atoms. The highest BCUT2D eigenvalue weighted by Crippen LogP contribution is 2.31. The van der Waals surface area contributed by atoms with Crippen molar-refractivity contribution in [1.82, 2.24) is 3.97 Å². The fourth-order valence-corrected chi connectivity index (χ4v) is 4.12. The van der Waals surface area contributed by atoms with E-state index in [-0.39, 0.29) is 12.3 Å². The first-order valence-electron chi connectivity index (χ1n) is 7.49. The quantitative estimate of drug-likeness (QED) is 0.649. The summed E-state index contributed by atoms with van der Waals surface area (Å²) in [6.45, 7) is 3.80. The van der Waals surface area contributed by atoms with E-state index in [9.17, 15) is 9.00 Å². The van der Waals surface area contributed by atoms with E-state index in [1.165, 1.54) is 3.97 Å². The molecule has 0 fully saturated rings. The molecule has 0 amide bonds. The number of nitrogens with zero attached hydrogens (tertiary/aromatic N) is 1. The predicted octanol–water partition coefficient (Wildman–Crippen LogP) is 4.35. The Morgan fingerprint density at radius 3 is 2.58 bits per heavy atom. The second kappa shape index (κ2) is 6.79. The molecule has 1 aromatic heterocycles. The molecular weight excluding hydrogens is 346 g/mol. The van der Waals surface area contributed by atoms with Gasteiger partial charge < -0.3 is 4.74 Å². The lowest BCUT2D eigenvalue weighted by atomic mass is 10.1. The van der Waals surface area contributed by atoms with Gasteiger partial charge in [0.15, 0.2) is 11.0 Å². The van der Waals surface area contributed by atoms with Crippen molar-refractivity contribution in [3.05, 3.63) is 64.8 Å². The molecule has 0 aliphatic rings. The summed E-state index contributed by atoms with van der Waals surface area (Å²) in [7, 11) is -1.57. The number of aromatic nitrogens is 1. The second-order valence-corrected chi connectivity index (χ2v) is 6.98. The zero-order valence-corrected chi connectivity index (χ0v) is 14.9. The van der Waals surface area contributed by atoms with Gasteiger partial charge in [0.05, 0.1) is 17.0 Å². The topological polar surface area (TPSA) is 48.3 Å². The zero-order chi connectivity index (χ0) is 17.3. The largest absolute Gasteiger partial charge is 0.461 e. The van der Waals surface area contributed by atoms with Crippen LogP contribution in [0.1, 0.15) is 23.0 Å². The Morgan fingerprint density at radius 1 is 1.21 bits per heavy atom. The van der Waals surface area contributed by atoms with E-state index < -0.39 is 17.0 Å². The van der Waals surface area contributed by atoms with Crippen molar-refractivity contribution in [3.8, 4) is 0 Å². The van der Waals surface area contributed by atoms with E-state index in [0.29, 0.717) is 21.0 Å². The lowest BCUT2D eigenvalue weighted by Crippen LogP contribution is -2.16. The molecule has 24 heavy (non-hydrogen) atoms. The van der Waals surface area contributed by atoms with Gasteiger partial charge in [0.25, 0.3) is 0 Å². The third-order valence-corrected chi connectivity index (χ3v) is 5.34. The Kier molecular flexibility index (Phi) is 4.73. The number of hydrogen-bond acceptors (Lipinski definition) is 3. The van der Waals surface area contributed by atoms with E-state index in [1.807, 2.05) is 25.1 Å². The Hall–Kier alpha value is -2.11. The molecule has 3 aromatic rings. The molecular formula is C18H16ClNO3S. The number of aryl methyl sites for hydroxylation is 1. The summed E-state index contributed by atoms with van der Waals surface area (Å²) < 4.78 is 19.8. The van der Waals surface area contributed by atoms with Crippen LogP contribution in [0, 0.1) is 6.92 Å². The number of halogens is 1. The third-order valence-electron chi connectivity index (χ3n) is 3.72. The molecule has 6 heteroatoms. The first-order valence-corrected chi connectivity index (χ1v) is 8.98. The molecule has 3 rings (SSSR count). The molecule has 1 atom stereocenters. The van der Waals surface area contributed by atoms with Crippen LogP contribution in [-0.2, 0) is 15.7 Å². The Morgan fingerprint density at radius 2 is 1.92 bits per heavy atom. The van der Waals surface area contributed by atoms with Crippen molar-refractivity contribution in [2.24, 2.45) is 0 Å². The lowest BCUT2D eigenvalue weighted by Gasteiger charge is -2.10. The number of esters is 1. The van der Waals surface area contributed by atoms with Crippen molar-refractivity contribution in [1.29, 1.82) is 0 Å². The van der Waals surface area contributed by atoms with Crippen LogP contribution in [-0.4, -0.2) is 20.8 Å². The van der Waals surface area contributed by atoms with E-state index >= 15 is 0 Å². The Balaban J connectivity index is 2.30. The van der Waals surface area contributed by atoms with Gasteiger partial charge in [-0.15, -0.1) is 0 Å². The molecule has 0 radical (unpaired) electrons. The number of ether oxygens (including phenoxy) is 1. The molecule has 0 aliphatic heterocycles. The minimum atomic E-state index is -1.57. The summed E-state index contributed by atoms with van der Waals surface area (Å²) in [6, 6.07) is 14.3. The van der Waals surface area contributed by atoms with Crippen LogP contribution in [0.5, 0.6) is 0 Å². The van der Waals surface area contributed by atoms with Crippen molar-refractivity contribution in [2.75, 3.05) is 6.61 Å². The smallest absolute Gasteiger partial charge is 0.356 e. The molecule has 0 spiro atoms. The van der Waals surface area contributed by atoms with Crippen LogP contribution in [0.25, 0.3) is 10.9 Å². The average Bonchev–Trinajstić information content (AvgIpc) is 2.87. The molecule has 0 saturated carbocycles. The van der Waals surface area contributed by atoms with Crippen molar-refractivity contribution in [2.45, 2.75) is 18.7 Å². The molecule has 0 aliphatic carbocycles. The summed E-state index contributed by atoms with van der Waals surface area (Å²) in [6.07, 6.45) is 0. The minimum Gasteiger partial charge on any atom is -0.461 e. The normalized spacial score (nSPS) is 12.3. The number of hydrogen-bond donors (Lipinski definition) is 0. The highest BCUT2D eigenvalue weighted by atomic mass is 35.5. The van der Waals surface area contributed by atoms with Crippen LogP contribution < -0.4 is 0 Å². The van der Waals surface area contributed by atoms with E-state index in [0.717, 1.165) is 5.39 Å². The van der Waals surface area contributed by atoms with E-state index in [1.54, 1.807) is 37.3 Å². The van der Waals surface area contributed by atoms with Gasteiger partial charge in [-0.3, -0.25) is 0 Å². The minimum absolute atomic E-state index is 0.249. The van der Waals surface area contributed by atoms with E-state index in [2.05, 4.69) is 0 Å². The van der Waals surface area contributed by atoms with Gasteiger partial charge in [0.2, 0.25) is 0 Å². The number of carbonyl (C=O) groups excluding carboxylic acids is 1. The predicted molar refractivity (Wildman–Crippen MR) is 95.9 cm³/mol. The standard InChI is InChI=1S/C18H16ClNO3S/c1-3-23-18(21)17-12(2)15-11-13(19)9-10-16(15)20(17)24(22)14-7-5-4-6-8-14/h4-11H,3H2,1-2H3. The molecule has 2 aromatic carbocycles. The molecule has 1 unspecified atom stereocenters. The maximum absolute atomic E-state index is 13.1. The Bertz CT molecular complexity index is 934. The van der Waals surface area contributed by atoms with Crippen LogP contribution in [0.2, 0.25) is 5.02 Å². The van der Waals surface area contributed by atoms with Crippen molar-refractivity contribution in [3.63, 3.8) is 0 Å². The van der Waals surface area contributed by atoms with Crippen LogP contribution in [0.15, 0.2) is 53.4 Å². The van der Waals surface area contributed by atoms with Crippen LogP contribution in [0.3, 0.4) is 0 Å². The lowest BCUT2D eigenvalue weighted by molar-refractivity contribution is 0.0518. The van der Waals surface area contributed by atoms with Gasteiger partial charge in [-0.25, -0.2) is 13.0 Å². The van der Waals surface area contributed by atoms with E-state index in [4.69, 9.17) is 16.3 Å². The van der Waals surface area contributed by atoms with Gasteiger partial charge >= 0.3 is 5.97 Å². The first-order chi connectivity index (χ1) is 11.5. The summed E-state index contributed by atoms with van der Waals surface area (Å²) in [5, 5.41) is 1.35. The number of carbonyl (C=O) groups is 1. The fourth-order valence-electron chi connectivity index (χ4n) is 2.64. The maximum Gasteiger partial charge on any atom is 0.356 e. The van der Waals surface area contributed by atoms with Crippen molar-refractivity contribution < 1.29 is 13.7 Å². The maximum atomic E-state index is 13.1. The summed E-state index contributed by atoms with van der Waals surface area (Å²) >= 11 is 6.09. The van der Waals surface area contributed by atoms with Gasteiger partial charge in [-0.05, 0) is 49.7 Å². The van der Waals surface area contributed by atoms with Crippen LogP contribution >= 0.6 is 11.6 Å². The van der Waals surface area contributed by atoms with Gasteiger partial charge in [0, 0.05) is 10.4 Å². The number of fused-ring (bicyclic) bond motifs is 1. The number of rotatable bonds is 4. The molecule has 1 heterocycles. The molecule has 124 valence electrons. The average molecular weight is 362 g/mol. The van der Waals surface area contributed by atoms with Gasteiger partial charge in [-0.1, -0.05) is 29.8 Å². The molecule has 0 saturated heterocycles. The van der Waals surface area contributed by atoms with Crippen molar-refractivity contribution >= 4 is 39.5 Å². The zero-order valence-electron chi connectivity index (χ0n) is 13.3. The second-order valence-electron chi connectivity index (χ2n) is 5.21. The van der Waals surface area contributed by atoms with Gasteiger partial charge in [-0.2, -0.15) is 0 Å². The molecule has 0 N–H and O–H groups in total. The fraction of sp³-hybridized carbons (Fsp3) is 0.167. The number of benzene rings is 2. The van der Waals surface area contributed by atoms with Gasteiger partial charge in [0.1, 0.15) is 5.69 Å².